The molecule has 2 aromatic rings. The van der Waals surface area contributed by atoms with Gasteiger partial charge in [-0.1, -0.05) is 0 Å². The van der Waals surface area contributed by atoms with Crippen LogP contribution in [0.4, 0.5) is 18.9 Å². The highest BCUT2D eigenvalue weighted by atomic mass is 19.2. The van der Waals surface area contributed by atoms with Crippen molar-refractivity contribution in [3.63, 3.8) is 0 Å². The minimum atomic E-state index is -1.69. The molecule has 0 spiro atoms. The minimum absolute atomic E-state index is 0.272. The maximum atomic E-state index is 13.3. The first-order valence-electron chi connectivity index (χ1n) is 5.12. The van der Waals surface area contributed by atoms with Gasteiger partial charge in [0.2, 0.25) is 0 Å². The zero-order chi connectivity index (χ0) is 14.0. The number of aromatic nitrogens is 1. The number of benzene rings is 1. The molecule has 19 heavy (non-hydrogen) atoms. The Kier molecular flexibility index (Phi) is 3.37. The summed E-state index contributed by atoms with van der Waals surface area (Å²) in [5.41, 5.74) is -1.40. The Hall–Kier alpha value is -2.57. The molecule has 1 amide bonds. The second-order valence-corrected chi connectivity index (χ2v) is 3.60. The van der Waals surface area contributed by atoms with E-state index in [1.54, 1.807) is 0 Å². The third-order valence-corrected chi connectivity index (χ3v) is 2.35. The van der Waals surface area contributed by atoms with Crippen LogP contribution in [-0.2, 0) is 0 Å². The molecule has 1 aromatic heterocycles. The van der Waals surface area contributed by atoms with Gasteiger partial charge in [-0.2, -0.15) is 0 Å². The lowest BCUT2D eigenvalue weighted by Gasteiger charge is -2.06. The van der Waals surface area contributed by atoms with E-state index < -0.39 is 34.5 Å². The number of H-pyrrole nitrogens is 1. The molecule has 0 saturated heterocycles. The highest BCUT2D eigenvalue weighted by molar-refractivity contribution is 6.04. The van der Waals surface area contributed by atoms with Crippen LogP contribution in [0.3, 0.4) is 0 Å². The van der Waals surface area contributed by atoms with Crippen molar-refractivity contribution in [1.29, 1.82) is 0 Å². The van der Waals surface area contributed by atoms with Gasteiger partial charge in [-0.25, -0.2) is 13.2 Å². The van der Waals surface area contributed by atoms with Gasteiger partial charge >= 0.3 is 0 Å². The molecule has 98 valence electrons. The number of anilines is 1. The Balaban J connectivity index is 2.33. The maximum absolute atomic E-state index is 13.3. The molecule has 0 unspecified atom stereocenters. The summed E-state index contributed by atoms with van der Waals surface area (Å²) >= 11 is 0. The lowest BCUT2D eigenvalue weighted by Crippen LogP contribution is -2.21. The van der Waals surface area contributed by atoms with Gasteiger partial charge in [0, 0.05) is 18.5 Å². The first kappa shape index (κ1) is 12.9. The maximum Gasteiger partial charge on any atom is 0.261 e. The van der Waals surface area contributed by atoms with Crippen LogP contribution in [0.25, 0.3) is 0 Å². The van der Waals surface area contributed by atoms with Gasteiger partial charge in [-0.3, -0.25) is 9.59 Å². The fourth-order valence-electron chi connectivity index (χ4n) is 1.41. The Morgan fingerprint density at radius 3 is 2.53 bits per heavy atom. The van der Waals surface area contributed by atoms with Crippen LogP contribution in [0.1, 0.15) is 10.4 Å². The number of rotatable bonds is 2. The Morgan fingerprint density at radius 2 is 1.84 bits per heavy atom. The molecule has 0 aliphatic heterocycles. The average Bonchev–Trinajstić information content (AvgIpc) is 2.40. The Bertz CT molecular complexity index is 698. The van der Waals surface area contributed by atoms with Gasteiger partial charge in [0.05, 0.1) is 5.69 Å². The summed E-state index contributed by atoms with van der Waals surface area (Å²) in [7, 11) is 0. The quantitative estimate of drug-likeness (QED) is 0.819. The summed E-state index contributed by atoms with van der Waals surface area (Å²) in [4.78, 5) is 25.5. The second kappa shape index (κ2) is 4.97. The molecule has 2 rings (SSSR count). The molecule has 0 aliphatic carbocycles. The zero-order valence-corrected chi connectivity index (χ0v) is 9.34. The molecule has 0 bridgehead atoms. The molecule has 4 nitrogen and oxygen atoms in total. The summed E-state index contributed by atoms with van der Waals surface area (Å²) < 4.78 is 39.0. The van der Waals surface area contributed by atoms with Crippen molar-refractivity contribution in [2.24, 2.45) is 0 Å². The van der Waals surface area contributed by atoms with E-state index in [2.05, 4.69) is 4.98 Å². The second-order valence-electron chi connectivity index (χ2n) is 3.60. The van der Waals surface area contributed by atoms with Crippen LogP contribution in [0.15, 0.2) is 35.4 Å². The predicted molar refractivity (Wildman–Crippen MR) is 61.3 cm³/mol. The number of carbonyl (C=O) groups excluding carboxylic acids is 1. The minimum Gasteiger partial charge on any atom is -0.367 e. The van der Waals surface area contributed by atoms with Crippen LogP contribution in [0.2, 0.25) is 0 Å². The molecule has 0 aliphatic rings. The standard InChI is InChI=1S/C12H7F3N2O2/c13-7-1-2-8(11(15)10(7)14)17-12(19)6-5-16-4-3-9(6)18/h1-5H,(H,16,18)(H,17,19). The van der Waals surface area contributed by atoms with E-state index in [4.69, 9.17) is 0 Å². The average molecular weight is 268 g/mol. The van der Waals surface area contributed by atoms with E-state index >= 15 is 0 Å². The monoisotopic (exact) mass is 268 g/mol. The number of nitrogens with one attached hydrogen (secondary N) is 2. The number of halogens is 3. The number of hydrogen-bond donors (Lipinski definition) is 2. The van der Waals surface area contributed by atoms with Crippen LogP contribution in [0, 0.1) is 17.5 Å². The van der Waals surface area contributed by atoms with Crippen molar-refractivity contribution in [2.45, 2.75) is 0 Å². The molecule has 1 aromatic carbocycles. The Morgan fingerprint density at radius 1 is 1.11 bits per heavy atom. The van der Waals surface area contributed by atoms with Gasteiger partial charge < -0.3 is 10.3 Å². The number of carbonyl (C=O) groups is 1. The largest absolute Gasteiger partial charge is 0.367 e. The van der Waals surface area contributed by atoms with E-state index in [0.717, 1.165) is 18.3 Å². The smallest absolute Gasteiger partial charge is 0.261 e. The van der Waals surface area contributed by atoms with Crippen LogP contribution < -0.4 is 10.7 Å². The first-order chi connectivity index (χ1) is 9.00. The van der Waals surface area contributed by atoms with E-state index in [1.165, 1.54) is 6.20 Å². The van der Waals surface area contributed by atoms with Crippen molar-refractivity contribution in [2.75, 3.05) is 5.32 Å². The number of aromatic amines is 1. The van der Waals surface area contributed by atoms with Crippen molar-refractivity contribution in [3.05, 3.63) is 63.8 Å². The van der Waals surface area contributed by atoms with E-state index in [0.29, 0.717) is 6.07 Å². The van der Waals surface area contributed by atoms with E-state index in [-0.39, 0.29) is 5.56 Å². The molecular formula is C12H7F3N2O2. The SMILES string of the molecule is O=C(Nc1ccc(F)c(F)c1F)c1c[nH]ccc1=O. The van der Waals surface area contributed by atoms with Crippen LogP contribution in [-0.4, -0.2) is 10.9 Å². The highest BCUT2D eigenvalue weighted by Crippen LogP contribution is 2.19. The molecule has 1 heterocycles. The number of pyridine rings is 1. The molecule has 7 heteroatoms. The van der Waals surface area contributed by atoms with Crippen LogP contribution >= 0.6 is 0 Å². The fourth-order valence-corrected chi connectivity index (χ4v) is 1.41. The molecule has 0 fully saturated rings. The van der Waals surface area contributed by atoms with Gasteiger partial charge in [-0.05, 0) is 12.1 Å². The van der Waals surface area contributed by atoms with Crippen molar-refractivity contribution in [3.8, 4) is 0 Å². The van der Waals surface area contributed by atoms with E-state index in [1.807, 2.05) is 5.32 Å². The summed E-state index contributed by atoms with van der Waals surface area (Å²) in [6.45, 7) is 0. The van der Waals surface area contributed by atoms with Crippen molar-refractivity contribution in [1.82, 2.24) is 4.98 Å². The lowest BCUT2D eigenvalue weighted by atomic mass is 10.2. The zero-order valence-electron chi connectivity index (χ0n) is 9.34. The topological polar surface area (TPSA) is 62.0 Å². The number of amides is 1. The lowest BCUT2D eigenvalue weighted by molar-refractivity contribution is 0.102. The summed E-state index contributed by atoms with van der Waals surface area (Å²) in [6, 6.07) is 2.64. The van der Waals surface area contributed by atoms with Gasteiger partial charge in [0.25, 0.3) is 5.91 Å². The van der Waals surface area contributed by atoms with Crippen LogP contribution in [0.5, 0.6) is 0 Å². The summed E-state index contributed by atoms with van der Waals surface area (Å²) in [6.07, 6.45) is 2.44. The highest BCUT2D eigenvalue weighted by Gasteiger charge is 2.17. The van der Waals surface area contributed by atoms with E-state index in [9.17, 15) is 22.8 Å². The molecular weight excluding hydrogens is 261 g/mol. The normalized spacial score (nSPS) is 10.3. The first-order valence-corrected chi connectivity index (χ1v) is 5.12. The van der Waals surface area contributed by atoms with Gasteiger partial charge in [0.15, 0.2) is 22.9 Å². The van der Waals surface area contributed by atoms with Gasteiger partial charge in [-0.15, -0.1) is 0 Å². The summed E-state index contributed by atoms with van der Waals surface area (Å²) in [5.74, 6) is -5.51. The van der Waals surface area contributed by atoms with Crippen molar-refractivity contribution < 1.29 is 18.0 Å². The van der Waals surface area contributed by atoms with Gasteiger partial charge in [0.1, 0.15) is 5.56 Å². The predicted octanol–water partition coefficient (Wildman–Crippen LogP) is 2.04. The number of hydrogen-bond acceptors (Lipinski definition) is 2. The third-order valence-electron chi connectivity index (χ3n) is 2.35. The fraction of sp³-hybridized carbons (Fsp3) is 0. The molecule has 0 atom stereocenters. The summed E-state index contributed by atoms with van der Waals surface area (Å²) in [5, 5.41) is 1.99. The molecule has 0 saturated carbocycles. The third kappa shape index (κ3) is 2.49. The Labute approximate surface area is 104 Å². The van der Waals surface area contributed by atoms with Crippen molar-refractivity contribution >= 4 is 11.6 Å². The molecule has 0 radical (unpaired) electrons. The molecule has 2 N–H and O–H groups in total.